The zero-order valence-corrected chi connectivity index (χ0v) is 11.3. The van der Waals surface area contributed by atoms with Crippen molar-refractivity contribution < 1.29 is 24.4 Å². The van der Waals surface area contributed by atoms with Crippen molar-refractivity contribution in [2.24, 2.45) is 10.3 Å². The lowest BCUT2D eigenvalue weighted by atomic mass is 10.1. The molecule has 1 aromatic carbocycles. The molecule has 0 fully saturated rings. The van der Waals surface area contributed by atoms with Crippen LogP contribution in [-0.4, -0.2) is 46.0 Å². The minimum Gasteiger partial charge on any atom is -0.462 e. The van der Waals surface area contributed by atoms with E-state index in [1.165, 1.54) is 24.3 Å². The number of nitro benzene ring substituents is 1. The fourth-order valence-electron chi connectivity index (χ4n) is 1.83. The van der Waals surface area contributed by atoms with Crippen LogP contribution >= 0.6 is 0 Å². The van der Waals surface area contributed by atoms with Crippen molar-refractivity contribution in [2.75, 3.05) is 13.7 Å². The summed E-state index contributed by atoms with van der Waals surface area (Å²) < 4.78 is 4.50. The average Bonchev–Trinajstić information content (AvgIpc) is 2.53. The number of carboxylic acid groups (broad SMARTS) is 1. The molecule has 11 nitrogen and oxygen atoms in total. The number of amides is 2. The molecular formula is C11H11N5O6. The summed E-state index contributed by atoms with van der Waals surface area (Å²) in [5.41, 5.74) is 0.460. The molecule has 116 valence electrons. The van der Waals surface area contributed by atoms with Crippen LogP contribution in [0.1, 0.15) is 11.6 Å². The van der Waals surface area contributed by atoms with Crippen LogP contribution in [0.4, 0.5) is 15.3 Å². The minimum absolute atomic E-state index is 0.0894. The summed E-state index contributed by atoms with van der Waals surface area (Å²) in [6, 6.07) is 4.85. The van der Waals surface area contributed by atoms with Crippen LogP contribution in [0, 0.1) is 10.1 Å². The van der Waals surface area contributed by atoms with Gasteiger partial charge in [0.2, 0.25) is 0 Å². The topological polar surface area (TPSA) is 138 Å². The van der Waals surface area contributed by atoms with Gasteiger partial charge in [-0.25, -0.2) is 9.59 Å². The van der Waals surface area contributed by atoms with E-state index in [-0.39, 0.29) is 12.2 Å². The summed E-state index contributed by atoms with van der Waals surface area (Å²) in [5.74, 6) is 0. The van der Waals surface area contributed by atoms with Crippen LogP contribution in [0.15, 0.2) is 34.6 Å². The number of carbonyl (C=O) groups is 2. The van der Waals surface area contributed by atoms with Crippen molar-refractivity contribution in [3.63, 3.8) is 0 Å². The predicted molar refractivity (Wildman–Crippen MR) is 69.7 cm³/mol. The Labute approximate surface area is 123 Å². The summed E-state index contributed by atoms with van der Waals surface area (Å²) >= 11 is 0. The number of methoxy groups -OCH3 is 1. The molecule has 2 rings (SSSR count). The maximum Gasteiger partial charge on any atom is 0.449 e. The number of hydrogen-bond donors (Lipinski definition) is 1. The Morgan fingerprint density at radius 2 is 2.05 bits per heavy atom. The first-order valence-corrected chi connectivity index (χ1v) is 5.97. The number of carbonyl (C=O) groups excluding carboxylic acids is 1. The monoisotopic (exact) mass is 309 g/mol. The Balaban J connectivity index is 2.26. The molecule has 0 aliphatic carbocycles. The number of ether oxygens (including phenoxy) is 1. The number of hydrogen-bond acceptors (Lipinski definition) is 7. The first kappa shape index (κ1) is 15.2. The third-order valence-corrected chi connectivity index (χ3v) is 2.90. The molecule has 1 unspecified atom stereocenters. The number of hydrazine groups is 1. The van der Waals surface area contributed by atoms with Crippen molar-refractivity contribution in [3.8, 4) is 0 Å². The Hall–Kier alpha value is -3.24. The first-order valence-electron chi connectivity index (χ1n) is 5.97. The maximum absolute atomic E-state index is 11.6. The Kier molecular flexibility index (Phi) is 4.15. The molecule has 1 aliphatic heterocycles. The van der Waals surface area contributed by atoms with Gasteiger partial charge in [-0.1, -0.05) is 5.12 Å². The molecule has 22 heavy (non-hydrogen) atoms. The summed E-state index contributed by atoms with van der Waals surface area (Å²) in [6.07, 6.45) is -2.40. The fraction of sp³-hybridized carbons (Fsp3) is 0.273. The quantitative estimate of drug-likeness (QED) is 0.654. The van der Waals surface area contributed by atoms with Gasteiger partial charge < -0.3 is 9.84 Å². The highest BCUT2D eigenvalue weighted by atomic mass is 16.6. The molecule has 0 spiro atoms. The van der Waals surface area contributed by atoms with Gasteiger partial charge in [0.25, 0.3) is 5.69 Å². The van der Waals surface area contributed by atoms with Gasteiger partial charge in [-0.15, -0.1) is 0 Å². The molecule has 2 amide bonds. The molecule has 11 heteroatoms. The molecule has 1 atom stereocenters. The molecule has 0 radical (unpaired) electrons. The summed E-state index contributed by atoms with van der Waals surface area (Å²) in [5, 5.41) is 27.9. The molecule has 0 aromatic heterocycles. The number of nitrogens with zero attached hydrogens (tertiary/aromatic N) is 5. The third kappa shape index (κ3) is 2.92. The molecular weight excluding hydrogens is 298 g/mol. The smallest absolute Gasteiger partial charge is 0.449 e. The van der Waals surface area contributed by atoms with Crippen LogP contribution < -0.4 is 0 Å². The van der Waals surface area contributed by atoms with E-state index in [2.05, 4.69) is 15.1 Å². The van der Waals surface area contributed by atoms with Crippen molar-refractivity contribution in [3.05, 3.63) is 39.9 Å². The second kappa shape index (κ2) is 6.03. The highest BCUT2D eigenvalue weighted by Gasteiger charge is 2.34. The largest absolute Gasteiger partial charge is 0.462 e. The Morgan fingerprint density at radius 3 is 2.55 bits per heavy atom. The maximum atomic E-state index is 11.6. The molecule has 1 N–H and O–H groups in total. The van der Waals surface area contributed by atoms with Crippen molar-refractivity contribution in [2.45, 2.75) is 6.04 Å². The average molecular weight is 309 g/mol. The molecule has 0 saturated heterocycles. The van der Waals surface area contributed by atoms with Crippen molar-refractivity contribution >= 4 is 17.9 Å². The van der Waals surface area contributed by atoms with Gasteiger partial charge in [0.1, 0.15) is 6.04 Å². The molecule has 1 aromatic rings. The standard InChI is InChI=1S/C11H11N5O6/c1-22-11(19)14-6-9(12-13-15(14)10(17)18)7-2-4-8(5-3-7)16(20)21/h2-5,9H,6H2,1H3,(H,17,18). The van der Waals surface area contributed by atoms with E-state index in [0.717, 1.165) is 12.1 Å². The van der Waals surface area contributed by atoms with E-state index in [1.807, 2.05) is 0 Å². The second-order valence-electron chi connectivity index (χ2n) is 4.19. The lowest BCUT2D eigenvalue weighted by Gasteiger charge is -2.31. The van der Waals surface area contributed by atoms with E-state index in [9.17, 15) is 19.7 Å². The van der Waals surface area contributed by atoms with E-state index < -0.39 is 23.2 Å². The number of nitro groups is 1. The lowest BCUT2D eigenvalue weighted by molar-refractivity contribution is -0.384. The summed E-state index contributed by atoms with van der Waals surface area (Å²) in [4.78, 5) is 32.7. The third-order valence-electron chi connectivity index (χ3n) is 2.90. The lowest BCUT2D eigenvalue weighted by Crippen LogP contribution is -2.49. The van der Waals surface area contributed by atoms with E-state index in [1.54, 1.807) is 0 Å². The highest BCUT2D eigenvalue weighted by molar-refractivity contribution is 5.72. The van der Waals surface area contributed by atoms with Crippen LogP contribution in [-0.2, 0) is 4.74 Å². The van der Waals surface area contributed by atoms with Gasteiger partial charge in [-0.3, -0.25) is 10.1 Å². The van der Waals surface area contributed by atoms with Crippen LogP contribution in [0.3, 0.4) is 0 Å². The first-order chi connectivity index (χ1) is 10.4. The van der Waals surface area contributed by atoms with Crippen molar-refractivity contribution in [1.82, 2.24) is 10.1 Å². The van der Waals surface area contributed by atoms with Gasteiger partial charge in [0.15, 0.2) is 0 Å². The molecule has 0 saturated carbocycles. The second-order valence-corrected chi connectivity index (χ2v) is 4.19. The van der Waals surface area contributed by atoms with E-state index >= 15 is 0 Å². The summed E-state index contributed by atoms with van der Waals surface area (Å²) in [6.45, 7) is -0.125. The number of non-ortho nitro benzene ring substituents is 1. The van der Waals surface area contributed by atoms with E-state index in [4.69, 9.17) is 5.11 Å². The van der Waals surface area contributed by atoms with Gasteiger partial charge in [0.05, 0.1) is 18.6 Å². The predicted octanol–water partition coefficient (Wildman–Crippen LogP) is 1.98. The van der Waals surface area contributed by atoms with Gasteiger partial charge in [-0.2, -0.15) is 10.1 Å². The zero-order valence-electron chi connectivity index (χ0n) is 11.3. The fourth-order valence-corrected chi connectivity index (χ4v) is 1.83. The SMILES string of the molecule is COC(=O)N1CC(c2ccc([N+](=O)[O-])cc2)N=NN1C(=O)O. The van der Waals surface area contributed by atoms with Gasteiger partial charge in [-0.05, 0) is 22.9 Å². The van der Waals surface area contributed by atoms with Crippen LogP contribution in [0.5, 0.6) is 0 Å². The molecule has 1 aliphatic rings. The Bertz CT molecular complexity index is 630. The Morgan fingerprint density at radius 1 is 1.41 bits per heavy atom. The van der Waals surface area contributed by atoms with Crippen LogP contribution in [0.2, 0.25) is 0 Å². The van der Waals surface area contributed by atoms with Gasteiger partial charge in [0, 0.05) is 12.1 Å². The van der Waals surface area contributed by atoms with E-state index in [0.29, 0.717) is 10.7 Å². The number of benzene rings is 1. The van der Waals surface area contributed by atoms with Gasteiger partial charge >= 0.3 is 12.2 Å². The number of rotatable bonds is 2. The normalized spacial score (nSPS) is 17.2. The molecule has 0 bridgehead atoms. The molecule has 1 heterocycles. The zero-order chi connectivity index (χ0) is 16.3. The highest BCUT2D eigenvalue weighted by Crippen LogP contribution is 2.26. The van der Waals surface area contributed by atoms with Crippen LogP contribution in [0.25, 0.3) is 0 Å². The van der Waals surface area contributed by atoms with Crippen molar-refractivity contribution in [1.29, 1.82) is 0 Å². The summed E-state index contributed by atoms with van der Waals surface area (Å²) in [7, 11) is 1.11. The minimum atomic E-state index is -1.49.